The van der Waals surface area contributed by atoms with Crippen molar-refractivity contribution in [1.29, 1.82) is 0 Å². The van der Waals surface area contributed by atoms with Crippen molar-refractivity contribution in [2.75, 3.05) is 13.2 Å². The first-order valence-electron chi connectivity index (χ1n) is 13.8. The van der Waals surface area contributed by atoms with Gasteiger partial charge in [0.1, 0.15) is 19.8 Å². The van der Waals surface area contributed by atoms with Crippen LogP contribution in [0.15, 0.2) is 71.8 Å². The van der Waals surface area contributed by atoms with E-state index < -0.39 is 41.1 Å². The second-order valence-electron chi connectivity index (χ2n) is 10.2. The number of aliphatic hydroxyl groups is 2. The van der Waals surface area contributed by atoms with Crippen LogP contribution in [0.25, 0.3) is 0 Å². The van der Waals surface area contributed by atoms with Gasteiger partial charge in [-0.1, -0.05) is 24.0 Å². The van der Waals surface area contributed by atoms with Crippen molar-refractivity contribution in [3.8, 4) is 69.3 Å². The summed E-state index contributed by atoms with van der Waals surface area (Å²) in [6, 6.07) is 14.1. The number of phenols is 8. The van der Waals surface area contributed by atoms with Crippen LogP contribution in [0.4, 0.5) is 0 Å². The van der Waals surface area contributed by atoms with Crippen molar-refractivity contribution in [2.45, 2.75) is 26.1 Å². The van der Waals surface area contributed by atoms with E-state index in [-0.39, 0.29) is 55.7 Å². The Hall–Kier alpha value is -5.90. The molecule has 0 heterocycles. The van der Waals surface area contributed by atoms with Crippen molar-refractivity contribution in [3.05, 3.63) is 94.1 Å². The van der Waals surface area contributed by atoms with Crippen LogP contribution >= 0.6 is 0 Å². The van der Waals surface area contributed by atoms with Gasteiger partial charge in [0.05, 0.1) is 6.61 Å². The topological polar surface area (TPSA) is 221 Å². The fourth-order valence-electron chi connectivity index (χ4n) is 4.51. The number of rotatable bonds is 11. The Bertz CT molecular complexity index is 1770. The lowest BCUT2D eigenvalue weighted by atomic mass is 9.95. The molecule has 0 fully saturated rings. The van der Waals surface area contributed by atoms with E-state index in [1.807, 2.05) is 0 Å². The van der Waals surface area contributed by atoms with E-state index in [1.54, 1.807) is 12.1 Å². The monoisotopic (exact) mass is 632 g/mol. The molecule has 0 bridgehead atoms. The summed E-state index contributed by atoms with van der Waals surface area (Å²) in [5.74, 6) is 1.88. The Balaban J connectivity index is 1.48. The molecule has 0 saturated carbocycles. The van der Waals surface area contributed by atoms with Gasteiger partial charge in [-0.2, -0.15) is 0 Å². The van der Waals surface area contributed by atoms with Crippen molar-refractivity contribution in [1.82, 2.24) is 0 Å². The molecule has 12 nitrogen and oxygen atoms in total. The van der Waals surface area contributed by atoms with E-state index in [0.29, 0.717) is 33.4 Å². The van der Waals surface area contributed by atoms with Gasteiger partial charge in [0.15, 0.2) is 57.5 Å². The van der Waals surface area contributed by atoms with Crippen LogP contribution in [0.3, 0.4) is 0 Å². The molecule has 4 aromatic rings. The van der Waals surface area contributed by atoms with Crippen LogP contribution < -0.4 is 9.47 Å². The molecule has 0 aliphatic carbocycles. The molecule has 0 spiro atoms. The van der Waals surface area contributed by atoms with Gasteiger partial charge in [-0.05, 0) is 82.8 Å². The van der Waals surface area contributed by atoms with Crippen molar-refractivity contribution in [2.24, 2.45) is 0 Å². The number of phenolic OH excluding ortho intramolecular Hbond substituents is 8. The largest absolute Gasteiger partial charge is 0.504 e. The van der Waals surface area contributed by atoms with Crippen molar-refractivity contribution in [3.63, 3.8) is 0 Å². The summed E-state index contributed by atoms with van der Waals surface area (Å²) in [5.41, 5.74) is 2.88. The fraction of sp³-hybridized carbons (Fsp3) is 0.176. The first kappa shape index (κ1) is 33.0. The van der Waals surface area contributed by atoms with E-state index in [1.165, 1.54) is 48.5 Å². The highest BCUT2D eigenvalue weighted by Gasteiger charge is 2.14. The zero-order chi connectivity index (χ0) is 33.4. The summed E-state index contributed by atoms with van der Waals surface area (Å²) >= 11 is 0. The Morgan fingerprint density at radius 1 is 0.522 bits per heavy atom. The Morgan fingerprint density at radius 3 is 1.33 bits per heavy atom. The van der Waals surface area contributed by atoms with Gasteiger partial charge in [0.25, 0.3) is 0 Å². The third-order valence-corrected chi connectivity index (χ3v) is 6.83. The summed E-state index contributed by atoms with van der Waals surface area (Å²) in [6.07, 6.45) is 0.356. The maximum atomic E-state index is 10.6. The van der Waals surface area contributed by atoms with E-state index in [2.05, 4.69) is 11.8 Å². The Morgan fingerprint density at radius 2 is 0.935 bits per heavy atom. The van der Waals surface area contributed by atoms with Gasteiger partial charge in [0.2, 0.25) is 0 Å². The van der Waals surface area contributed by atoms with Crippen LogP contribution in [0.5, 0.6) is 57.5 Å². The summed E-state index contributed by atoms with van der Waals surface area (Å²) in [6.45, 7) is -1.07. The predicted molar refractivity (Wildman–Crippen MR) is 164 cm³/mol. The minimum absolute atomic E-state index is 0.113. The number of aromatic hydroxyl groups is 8. The first-order chi connectivity index (χ1) is 22.0. The van der Waals surface area contributed by atoms with Gasteiger partial charge in [-0.15, -0.1) is 0 Å². The Labute approximate surface area is 263 Å². The van der Waals surface area contributed by atoms with E-state index in [0.717, 1.165) is 0 Å². The molecule has 0 atom stereocenters. The maximum Gasteiger partial charge on any atom is 0.200 e. The smallest absolute Gasteiger partial charge is 0.200 e. The average molecular weight is 633 g/mol. The van der Waals surface area contributed by atoms with E-state index >= 15 is 0 Å². The van der Waals surface area contributed by atoms with Crippen LogP contribution in [0, 0.1) is 11.8 Å². The lowest BCUT2D eigenvalue weighted by molar-refractivity contribution is 0.286. The highest BCUT2D eigenvalue weighted by molar-refractivity contribution is 5.53. The number of aliphatic hydroxyl groups excluding tert-OH is 2. The van der Waals surface area contributed by atoms with Crippen LogP contribution in [0.1, 0.15) is 22.3 Å². The summed E-state index contributed by atoms with van der Waals surface area (Å²) in [4.78, 5) is 0. The van der Waals surface area contributed by atoms with Crippen LogP contribution in [-0.2, 0) is 26.1 Å². The standard InChI is InChI=1S/C34H32O12/c35-7-1-2-23(8-19-3-5-31(25(37)10-19)45-17-21-12-27(39)33(43)28(40)13-21)24(16-36)9-20-4-6-32(26(38)11-20)46-18-22-14-29(41)34(44)30(42)15-22/h3-6,10-15,35-44H,7-9,16-18H2/b24-23-. The second-order valence-corrected chi connectivity index (χ2v) is 10.2. The molecule has 0 radical (unpaired) electrons. The summed E-state index contributed by atoms with van der Waals surface area (Å²) in [5, 5.41) is 98.3. The Kier molecular flexibility index (Phi) is 10.6. The summed E-state index contributed by atoms with van der Waals surface area (Å²) < 4.78 is 11.2. The molecule has 0 saturated heterocycles. The molecule has 4 aromatic carbocycles. The molecule has 46 heavy (non-hydrogen) atoms. The fourth-order valence-corrected chi connectivity index (χ4v) is 4.51. The quantitative estimate of drug-likeness (QED) is 0.0847. The number of allylic oxidation sites excluding steroid dienone is 1. The number of hydrogen-bond donors (Lipinski definition) is 10. The highest BCUT2D eigenvalue weighted by atomic mass is 16.5. The third kappa shape index (κ3) is 8.17. The number of hydrogen-bond acceptors (Lipinski definition) is 12. The van der Waals surface area contributed by atoms with Crippen molar-refractivity contribution < 1.29 is 60.5 Å². The van der Waals surface area contributed by atoms with Gasteiger partial charge in [-0.3, -0.25) is 0 Å². The number of ether oxygens (including phenoxy) is 2. The van der Waals surface area contributed by atoms with Crippen LogP contribution in [-0.4, -0.2) is 64.3 Å². The molecule has 0 aliphatic rings. The summed E-state index contributed by atoms with van der Waals surface area (Å²) in [7, 11) is 0. The van der Waals surface area contributed by atoms with Crippen LogP contribution in [0.2, 0.25) is 0 Å². The van der Waals surface area contributed by atoms with Gasteiger partial charge < -0.3 is 60.5 Å². The molecule has 4 rings (SSSR count). The number of benzene rings is 4. The SMILES string of the molecule is OCC#C/C(Cc1ccc(OCc2cc(O)c(O)c(O)c2)c(O)c1)=C(/CO)Cc1ccc(OCc2cc(O)c(O)c(O)c2)c(O)c1. The molecule has 12 heteroatoms. The molecule has 0 aromatic heterocycles. The molecule has 10 N–H and O–H groups in total. The molecular weight excluding hydrogens is 600 g/mol. The first-order valence-corrected chi connectivity index (χ1v) is 13.8. The van der Waals surface area contributed by atoms with Gasteiger partial charge in [-0.25, -0.2) is 0 Å². The normalized spacial score (nSPS) is 11.3. The zero-order valence-electron chi connectivity index (χ0n) is 24.3. The lowest BCUT2D eigenvalue weighted by Crippen LogP contribution is -2.04. The van der Waals surface area contributed by atoms with Crippen molar-refractivity contribution >= 4 is 0 Å². The third-order valence-electron chi connectivity index (χ3n) is 6.83. The second kappa shape index (κ2) is 14.7. The van der Waals surface area contributed by atoms with Gasteiger partial charge >= 0.3 is 0 Å². The zero-order valence-corrected chi connectivity index (χ0v) is 24.3. The predicted octanol–water partition coefficient (Wildman–Crippen LogP) is 3.56. The van der Waals surface area contributed by atoms with E-state index in [4.69, 9.17) is 9.47 Å². The molecular formula is C34H32O12. The molecule has 0 amide bonds. The highest BCUT2D eigenvalue weighted by Crippen LogP contribution is 2.38. The lowest BCUT2D eigenvalue weighted by Gasteiger charge is -2.14. The average Bonchev–Trinajstić information content (AvgIpc) is 3.02. The molecule has 0 aliphatic heterocycles. The minimum atomic E-state index is -0.652. The van der Waals surface area contributed by atoms with Gasteiger partial charge in [0, 0.05) is 12.0 Å². The maximum absolute atomic E-state index is 10.6. The molecule has 0 unspecified atom stereocenters. The minimum Gasteiger partial charge on any atom is -0.504 e. The molecule has 240 valence electrons. The van der Waals surface area contributed by atoms with E-state index in [9.17, 15) is 51.1 Å².